The SMILES string of the molecule is NCC(=O)NC(Cc1ccc(O)cc1)C(=O)NC(CO)C(=O)N1CCCC1C(=O)O. The van der Waals surface area contributed by atoms with Crippen LogP contribution in [-0.2, 0) is 25.6 Å². The Labute approximate surface area is 172 Å². The molecule has 164 valence electrons. The molecule has 0 spiro atoms. The van der Waals surface area contributed by atoms with Gasteiger partial charge in [0.1, 0.15) is 23.9 Å². The van der Waals surface area contributed by atoms with Crippen LogP contribution in [0.5, 0.6) is 5.75 Å². The maximum Gasteiger partial charge on any atom is 0.326 e. The lowest BCUT2D eigenvalue weighted by Gasteiger charge is -2.27. The summed E-state index contributed by atoms with van der Waals surface area (Å²) in [5.41, 5.74) is 5.93. The van der Waals surface area contributed by atoms with Gasteiger partial charge in [0.25, 0.3) is 0 Å². The molecular weight excluding hydrogens is 396 g/mol. The van der Waals surface area contributed by atoms with Crippen LogP contribution in [0.15, 0.2) is 24.3 Å². The minimum absolute atomic E-state index is 0.0373. The molecule has 1 aliphatic heterocycles. The van der Waals surface area contributed by atoms with Crippen molar-refractivity contribution in [1.29, 1.82) is 0 Å². The molecule has 3 unspecified atom stereocenters. The molecule has 0 aromatic heterocycles. The van der Waals surface area contributed by atoms with Crippen molar-refractivity contribution in [2.24, 2.45) is 5.73 Å². The molecule has 11 nitrogen and oxygen atoms in total. The highest BCUT2D eigenvalue weighted by molar-refractivity contribution is 5.94. The van der Waals surface area contributed by atoms with E-state index in [0.717, 1.165) is 4.90 Å². The highest BCUT2D eigenvalue weighted by Gasteiger charge is 2.38. The first kappa shape index (κ1) is 23.1. The number of aliphatic hydroxyl groups is 1. The highest BCUT2D eigenvalue weighted by Crippen LogP contribution is 2.18. The maximum absolute atomic E-state index is 12.8. The van der Waals surface area contributed by atoms with Crippen molar-refractivity contribution in [2.75, 3.05) is 19.7 Å². The predicted octanol–water partition coefficient (Wildman–Crippen LogP) is -2.07. The minimum atomic E-state index is -1.35. The molecule has 11 heteroatoms. The Morgan fingerprint density at radius 1 is 1.13 bits per heavy atom. The van der Waals surface area contributed by atoms with E-state index in [1.165, 1.54) is 12.1 Å². The lowest BCUT2D eigenvalue weighted by Crippen LogP contribution is -2.57. The molecule has 0 radical (unpaired) electrons. The van der Waals surface area contributed by atoms with Crippen LogP contribution in [0.25, 0.3) is 0 Å². The third kappa shape index (κ3) is 5.91. The van der Waals surface area contributed by atoms with Gasteiger partial charge in [0.05, 0.1) is 13.2 Å². The van der Waals surface area contributed by atoms with Crippen LogP contribution in [0, 0.1) is 0 Å². The van der Waals surface area contributed by atoms with Gasteiger partial charge in [-0.15, -0.1) is 0 Å². The second kappa shape index (κ2) is 10.6. The lowest BCUT2D eigenvalue weighted by molar-refractivity contribution is -0.150. The quantitative estimate of drug-likeness (QED) is 0.262. The third-order valence-corrected chi connectivity index (χ3v) is 4.83. The average Bonchev–Trinajstić information content (AvgIpc) is 3.22. The molecule has 30 heavy (non-hydrogen) atoms. The zero-order valence-corrected chi connectivity index (χ0v) is 16.3. The second-order valence-corrected chi connectivity index (χ2v) is 6.97. The molecular formula is C19H26N4O7. The number of hydrogen-bond donors (Lipinski definition) is 6. The summed E-state index contributed by atoms with van der Waals surface area (Å²) in [5.74, 6) is -3.14. The number of aliphatic carboxylic acids is 1. The fraction of sp³-hybridized carbons (Fsp3) is 0.474. The standard InChI is InChI=1S/C19H26N4O7/c20-9-16(26)21-13(8-11-3-5-12(25)6-4-11)17(27)22-14(10-24)18(28)23-7-1-2-15(23)19(29)30/h3-6,13-15,24-25H,1-2,7-10,20H2,(H,21,26)(H,22,27)(H,29,30). The molecule has 3 amide bonds. The van der Waals surface area contributed by atoms with Crippen LogP contribution < -0.4 is 16.4 Å². The van der Waals surface area contributed by atoms with E-state index in [9.17, 15) is 34.5 Å². The number of nitrogens with zero attached hydrogens (tertiary/aromatic N) is 1. The number of aromatic hydroxyl groups is 1. The normalized spacial score (nSPS) is 17.8. The zero-order valence-electron chi connectivity index (χ0n) is 16.3. The van der Waals surface area contributed by atoms with Crippen molar-refractivity contribution >= 4 is 23.7 Å². The van der Waals surface area contributed by atoms with Crippen molar-refractivity contribution in [3.05, 3.63) is 29.8 Å². The first-order valence-electron chi connectivity index (χ1n) is 9.48. The minimum Gasteiger partial charge on any atom is -0.508 e. The van der Waals surface area contributed by atoms with Crippen LogP contribution >= 0.6 is 0 Å². The number of carboxylic acid groups (broad SMARTS) is 1. The van der Waals surface area contributed by atoms with Crippen molar-refractivity contribution in [2.45, 2.75) is 37.4 Å². The molecule has 1 fully saturated rings. The number of amides is 3. The number of benzene rings is 1. The van der Waals surface area contributed by atoms with E-state index in [1.807, 2.05) is 0 Å². The van der Waals surface area contributed by atoms with Gasteiger partial charge in [0.2, 0.25) is 17.7 Å². The number of phenols is 1. The topological polar surface area (TPSA) is 182 Å². The summed E-state index contributed by atoms with van der Waals surface area (Å²) in [4.78, 5) is 49.6. The zero-order chi connectivity index (χ0) is 22.3. The first-order chi connectivity index (χ1) is 14.3. The van der Waals surface area contributed by atoms with E-state index in [2.05, 4.69) is 10.6 Å². The van der Waals surface area contributed by atoms with Crippen molar-refractivity contribution in [1.82, 2.24) is 15.5 Å². The van der Waals surface area contributed by atoms with E-state index in [1.54, 1.807) is 12.1 Å². The monoisotopic (exact) mass is 422 g/mol. The molecule has 3 atom stereocenters. The number of carbonyl (C=O) groups is 4. The first-order valence-corrected chi connectivity index (χ1v) is 9.48. The van der Waals surface area contributed by atoms with E-state index < -0.39 is 48.4 Å². The fourth-order valence-corrected chi connectivity index (χ4v) is 3.28. The molecule has 1 heterocycles. The number of likely N-dealkylation sites (tertiary alicyclic amines) is 1. The van der Waals surface area contributed by atoms with Crippen molar-refractivity contribution in [3.8, 4) is 5.75 Å². The molecule has 2 rings (SSSR count). The molecule has 0 bridgehead atoms. The molecule has 0 aliphatic carbocycles. The second-order valence-electron chi connectivity index (χ2n) is 6.97. The van der Waals surface area contributed by atoms with E-state index in [0.29, 0.717) is 18.4 Å². The molecule has 0 saturated carbocycles. The predicted molar refractivity (Wildman–Crippen MR) is 104 cm³/mol. The van der Waals surface area contributed by atoms with E-state index >= 15 is 0 Å². The van der Waals surface area contributed by atoms with Gasteiger partial charge >= 0.3 is 5.97 Å². The van der Waals surface area contributed by atoms with Crippen LogP contribution in [0.1, 0.15) is 18.4 Å². The Balaban J connectivity index is 2.12. The van der Waals surface area contributed by atoms with Crippen LogP contribution in [0.3, 0.4) is 0 Å². The number of phenolic OH excluding ortho intramolecular Hbond substituents is 1. The Morgan fingerprint density at radius 3 is 2.37 bits per heavy atom. The summed E-state index contributed by atoms with van der Waals surface area (Å²) in [6.07, 6.45) is 0.847. The molecule has 1 saturated heterocycles. The summed E-state index contributed by atoms with van der Waals surface area (Å²) in [5, 5.41) is 33.1. The van der Waals surface area contributed by atoms with Gasteiger partial charge in [-0.3, -0.25) is 14.4 Å². The van der Waals surface area contributed by atoms with Gasteiger partial charge in [0, 0.05) is 13.0 Å². The summed E-state index contributed by atoms with van der Waals surface area (Å²) in [6.45, 7) is -0.872. The van der Waals surface area contributed by atoms with E-state index in [4.69, 9.17) is 5.73 Å². The molecule has 1 aromatic carbocycles. The summed E-state index contributed by atoms with van der Waals surface area (Å²) in [6, 6.07) is 2.54. The molecule has 1 aliphatic rings. The van der Waals surface area contributed by atoms with E-state index in [-0.39, 0.29) is 25.3 Å². The Morgan fingerprint density at radius 2 is 1.80 bits per heavy atom. The van der Waals surface area contributed by atoms with Crippen LogP contribution in [0.4, 0.5) is 0 Å². The Bertz CT molecular complexity index is 784. The maximum atomic E-state index is 12.8. The number of carbonyl (C=O) groups excluding carboxylic acids is 3. The number of carboxylic acids is 1. The number of hydrogen-bond acceptors (Lipinski definition) is 7. The fourth-order valence-electron chi connectivity index (χ4n) is 3.28. The van der Waals surface area contributed by atoms with Crippen LogP contribution in [-0.4, -0.2) is 81.7 Å². The van der Waals surface area contributed by atoms with Gasteiger partial charge in [-0.25, -0.2) is 4.79 Å². The van der Waals surface area contributed by atoms with Gasteiger partial charge < -0.3 is 36.6 Å². The number of nitrogens with two attached hydrogens (primary N) is 1. The highest BCUT2D eigenvalue weighted by atomic mass is 16.4. The molecule has 7 N–H and O–H groups in total. The number of aliphatic hydroxyl groups excluding tert-OH is 1. The van der Waals surface area contributed by atoms with Gasteiger partial charge in [-0.05, 0) is 30.5 Å². The number of nitrogens with one attached hydrogen (secondary N) is 2. The van der Waals surface area contributed by atoms with Gasteiger partial charge in [-0.2, -0.15) is 0 Å². The molecule has 1 aromatic rings. The summed E-state index contributed by atoms with van der Waals surface area (Å²) < 4.78 is 0. The third-order valence-electron chi connectivity index (χ3n) is 4.83. The van der Waals surface area contributed by atoms with Gasteiger partial charge in [0.15, 0.2) is 0 Å². The van der Waals surface area contributed by atoms with Crippen molar-refractivity contribution < 1.29 is 34.5 Å². The summed E-state index contributed by atoms with van der Waals surface area (Å²) in [7, 11) is 0. The van der Waals surface area contributed by atoms with Gasteiger partial charge in [-0.1, -0.05) is 12.1 Å². The number of rotatable bonds is 9. The largest absolute Gasteiger partial charge is 0.508 e. The van der Waals surface area contributed by atoms with Crippen LogP contribution in [0.2, 0.25) is 0 Å². The average molecular weight is 422 g/mol. The Kier molecular flexibility index (Phi) is 8.13. The Hall–Kier alpha value is -3.18. The van der Waals surface area contributed by atoms with Crippen molar-refractivity contribution in [3.63, 3.8) is 0 Å². The lowest BCUT2D eigenvalue weighted by atomic mass is 10.0. The smallest absolute Gasteiger partial charge is 0.326 e. The summed E-state index contributed by atoms with van der Waals surface area (Å²) >= 11 is 0.